The van der Waals surface area contributed by atoms with E-state index in [1.54, 1.807) is 0 Å². The minimum Gasteiger partial charge on any atom is -0.361 e. The minimum absolute atomic E-state index is 0.0951. The van der Waals surface area contributed by atoms with Gasteiger partial charge in [-0.2, -0.15) is 0 Å². The van der Waals surface area contributed by atoms with Gasteiger partial charge in [0, 0.05) is 12.6 Å². The lowest BCUT2D eigenvalue weighted by molar-refractivity contribution is -0.115. The Bertz CT molecular complexity index is 454. The van der Waals surface area contributed by atoms with Gasteiger partial charge < -0.3 is 15.5 Å². The van der Waals surface area contributed by atoms with Crippen LogP contribution in [0.4, 0.5) is 11.4 Å². The van der Waals surface area contributed by atoms with Crippen molar-refractivity contribution in [3.05, 3.63) is 24.3 Å². The number of nitrogens with zero attached hydrogens (tertiary/aromatic N) is 1. The van der Waals surface area contributed by atoms with Crippen LogP contribution < -0.4 is 15.5 Å². The first-order valence-electron chi connectivity index (χ1n) is 7.20. The maximum atomic E-state index is 11.7. The van der Waals surface area contributed by atoms with Crippen LogP contribution in [0, 0.1) is 0 Å². The Morgan fingerprint density at radius 3 is 3.05 bits per heavy atom. The van der Waals surface area contributed by atoms with Crippen molar-refractivity contribution in [1.29, 1.82) is 0 Å². The summed E-state index contributed by atoms with van der Waals surface area (Å²) >= 11 is 0. The normalized spacial score (nSPS) is 22.2. The molecule has 0 bridgehead atoms. The molecule has 4 nitrogen and oxygen atoms in total. The molecule has 1 amide bonds. The average Bonchev–Trinajstić information content (AvgIpc) is 2.91. The fourth-order valence-electron chi connectivity index (χ4n) is 3.03. The van der Waals surface area contributed by atoms with E-state index < -0.39 is 0 Å². The molecule has 1 atom stereocenters. The minimum atomic E-state index is 0.0951. The van der Waals surface area contributed by atoms with Gasteiger partial charge in [0.2, 0.25) is 5.91 Å². The first-order valence-corrected chi connectivity index (χ1v) is 7.20. The number of fused-ring (bicyclic) bond motifs is 1. The van der Waals surface area contributed by atoms with E-state index in [-0.39, 0.29) is 5.91 Å². The quantitative estimate of drug-likeness (QED) is 0.869. The van der Waals surface area contributed by atoms with Crippen molar-refractivity contribution in [3.63, 3.8) is 0 Å². The summed E-state index contributed by atoms with van der Waals surface area (Å²) in [5.74, 6) is 0.0951. The maximum absolute atomic E-state index is 11.7. The van der Waals surface area contributed by atoms with E-state index in [2.05, 4.69) is 21.6 Å². The molecule has 0 aromatic heterocycles. The molecule has 2 heterocycles. The molecule has 102 valence electrons. The van der Waals surface area contributed by atoms with Crippen LogP contribution in [0.1, 0.15) is 25.7 Å². The van der Waals surface area contributed by atoms with Crippen LogP contribution in [0.5, 0.6) is 0 Å². The van der Waals surface area contributed by atoms with E-state index in [0.29, 0.717) is 12.6 Å². The topological polar surface area (TPSA) is 44.4 Å². The van der Waals surface area contributed by atoms with E-state index in [0.717, 1.165) is 24.3 Å². The van der Waals surface area contributed by atoms with Crippen molar-refractivity contribution < 1.29 is 4.79 Å². The number of rotatable bonds is 4. The molecule has 0 saturated carbocycles. The molecule has 0 spiro atoms. The highest BCUT2D eigenvalue weighted by Crippen LogP contribution is 2.29. The highest BCUT2D eigenvalue weighted by molar-refractivity contribution is 6.01. The fraction of sp³-hybridized carbons (Fsp3) is 0.533. The van der Waals surface area contributed by atoms with Gasteiger partial charge in [-0.1, -0.05) is 12.1 Å². The molecule has 0 radical (unpaired) electrons. The summed E-state index contributed by atoms with van der Waals surface area (Å²) in [5.41, 5.74) is 2.10. The number of benzene rings is 1. The summed E-state index contributed by atoms with van der Waals surface area (Å²) in [4.78, 5) is 13.9. The second-order valence-corrected chi connectivity index (χ2v) is 5.42. The first-order chi connectivity index (χ1) is 9.33. The molecule has 4 heteroatoms. The van der Waals surface area contributed by atoms with Crippen LogP contribution >= 0.6 is 0 Å². The zero-order valence-corrected chi connectivity index (χ0v) is 11.2. The van der Waals surface area contributed by atoms with Gasteiger partial charge in [-0.15, -0.1) is 0 Å². The number of nitrogens with one attached hydrogen (secondary N) is 2. The summed E-state index contributed by atoms with van der Waals surface area (Å²) in [6, 6.07) is 8.74. The zero-order chi connectivity index (χ0) is 13.1. The SMILES string of the molecule is O=C1CN(CCCC2CCCN2)c2ccccc2N1. The predicted octanol–water partition coefficient (Wildman–Crippen LogP) is 1.98. The second-order valence-electron chi connectivity index (χ2n) is 5.42. The third-order valence-electron chi connectivity index (χ3n) is 4.00. The van der Waals surface area contributed by atoms with Gasteiger partial charge in [-0.3, -0.25) is 4.79 Å². The number of para-hydroxylation sites is 2. The number of hydrogen-bond donors (Lipinski definition) is 2. The smallest absolute Gasteiger partial charge is 0.243 e. The molecular formula is C15H21N3O. The molecule has 1 aromatic carbocycles. The Morgan fingerprint density at radius 1 is 1.32 bits per heavy atom. The molecule has 0 aliphatic carbocycles. The van der Waals surface area contributed by atoms with E-state index in [4.69, 9.17) is 0 Å². The average molecular weight is 259 g/mol. The Morgan fingerprint density at radius 2 is 2.21 bits per heavy atom. The number of carbonyl (C=O) groups is 1. The van der Waals surface area contributed by atoms with Gasteiger partial charge >= 0.3 is 0 Å². The molecule has 3 rings (SSSR count). The van der Waals surface area contributed by atoms with Crippen LogP contribution in [0.15, 0.2) is 24.3 Å². The summed E-state index contributed by atoms with van der Waals surface area (Å²) < 4.78 is 0. The summed E-state index contributed by atoms with van der Waals surface area (Å²) in [7, 11) is 0. The monoisotopic (exact) mass is 259 g/mol. The van der Waals surface area contributed by atoms with E-state index in [9.17, 15) is 4.79 Å². The number of hydrogen-bond acceptors (Lipinski definition) is 3. The number of amides is 1. The van der Waals surface area contributed by atoms with Crippen LogP contribution in [0.25, 0.3) is 0 Å². The Kier molecular flexibility index (Phi) is 3.69. The lowest BCUT2D eigenvalue weighted by Gasteiger charge is -2.31. The summed E-state index contributed by atoms with van der Waals surface area (Å²) in [5, 5.41) is 6.45. The van der Waals surface area contributed by atoms with Crippen LogP contribution in [0.2, 0.25) is 0 Å². The first kappa shape index (κ1) is 12.5. The van der Waals surface area contributed by atoms with Crippen molar-refractivity contribution in [2.45, 2.75) is 31.7 Å². The Labute approximate surface area is 114 Å². The zero-order valence-electron chi connectivity index (χ0n) is 11.2. The van der Waals surface area contributed by atoms with Gasteiger partial charge in [-0.25, -0.2) is 0 Å². The van der Waals surface area contributed by atoms with Gasteiger partial charge in [0.1, 0.15) is 0 Å². The lowest BCUT2D eigenvalue weighted by atomic mass is 10.1. The number of anilines is 2. The fourth-order valence-corrected chi connectivity index (χ4v) is 3.03. The highest BCUT2D eigenvalue weighted by atomic mass is 16.2. The van der Waals surface area contributed by atoms with Crippen molar-refractivity contribution in [2.75, 3.05) is 29.9 Å². The van der Waals surface area contributed by atoms with Gasteiger partial charge in [-0.05, 0) is 44.4 Å². The molecule has 1 unspecified atom stereocenters. The van der Waals surface area contributed by atoms with Crippen molar-refractivity contribution in [2.24, 2.45) is 0 Å². The van der Waals surface area contributed by atoms with Crippen LogP contribution in [0.3, 0.4) is 0 Å². The van der Waals surface area contributed by atoms with Crippen molar-refractivity contribution >= 4 is 17.3 Å². The van der Waals surface area contributed by atoms with Crippen LogP contribution in [-0.4, -0.2) is 31.6 Å². The van der Waals surface area contributed by atoms with E-state index >= 15 is 0 Å². The van der Waals surface area contributed by atoms with Gasteiger partial charge in [0.25, 0.3) is 0 Å². The lowest BCUT2D eigenvalue weighted by Crippen LogP contribution is -2.39. The molecule has 1 fully saturated rings. The summed E-state index contributed by atoms with van der Waals surface area (Å²) in [6.07, 6.45) is 4.95. The molecule has 2 aliphatic rings. The predicted molar refractivity (Wildman–Crippen MR) is 77.5 cm³/mol. The van der Waals surface area contributed by atoms with Crippen molar-refractivity contribution in [1.82, 2.24) is 5.32 Å². The largest absolute Gasteiger partial charge is 0.361 e. The molecule has 1 saturated heterocycles. The third-order valence-corrected chi connectivity index (χ3v) is 4.00. The molecule has 19 heavy (non-hydrogen) atoms. The van der Waals surface area contributed by atoms with Gasteiger partial charge in [0.05, 0.1) is 17.9 Å². The molecule has 2 aliphatic heterocycles. The second kappa shape index (κ2) is 5.61. The third kappa shape index (κ3) is 2.89. The standard InChI is InChI=1S/C15H21N3O/c19-15-11-18(10-4-6-12-5-3-9-16-12)14-8-2-1-7-13(14)17-15/h1-2,7-8,12,16H,3-6,9-11H2,(H,17,19). The molecule has 1 aromatic rings. The van der Waals surface area contributed by atoms with Crippen LogP contribution in [-0.2, 0) is 4.79 Å². The molecular weight excluding hydrogens is 238 g/mol. The highest BCUT2D eigenvalue weighted by Gasteiger charge is 2.21. The molecule has 2 N–H and O–H groups in total. The summed E-state index contributed by atoms with van der Waals surface area (Å²) in [6.45, 7) is 2.61. The van der Waals surface area contributed by atoms with E-state index in [1.807, 2.05) is 18.2 Å². The van der Waals surface area contributed by atoms with E-state index in [1.165, 1.54) is 25.8 Å². The Balaban J connectivity index is 1.59. The van der Waals surface area contributed by atoms with Crippen molar-refractivity contribution in [3.8, 4) is 0 Å². The Hall–Kier alpha value is -1.55. The maximum Gasteiger partial charge on any atom is 0.243 e. The number of carbonyl (C=O) groups excluding carboxylic acids is 1. The van der Waals surface area contributed by atoms with Gasteiger partial charge in [0.15, 0.2) is 0 Å².